The summed E-state index contributed by atoms with van der Waals surface area (Å²) in [5, 5.41) is 19.0. The zero-order valence-electron chi connectivity index (χ0n) is 41.2. The summed E-state index contributed by atoms with van der Waals surface area (Å²) in [6.07, 6.45) is -0.847. The van der Waals surface area contributed by atoms with Crippen LogP contribution in [0.4, 0.5) is 0 Å². The molecule has 18 heteroatoms. The minimum Gasteiger partial charge on any atom is -0.497 e. The van der Waals surface area contributed by atoms with Gasteiger partial charge in [0.15, 0.2) is 10.1 Å². The summed E-state index contributed by atoms with van der Waals surface area (Å²) in [4.78, 5) is 2.04. The van der Waals surface area contributed by atoms with Crippen molar-refractivity contribution in [2.75, 3.05) is 42.5 Å². The number of aliphatic hydroxyl groups is 1. The Morgan fingerprint density at radius 2 is 0.750 bits per heavy atom. The van der Waals surface area contributed by atoms with Crippen molar-refractivity contribution in [3.8, 4) is 23.0 Å². The SMILES string of the molecule is COc1ccc(CN(Cc2ccc(OC)cc2)S(=O)(=O)c2cc(C(C)N(C)C)n(C(C)C)n2)cc1.COc1ccc(CN(Cc2ccc(OC)cc2)S(=O)(=O)c2cc(C(C)O)n(C(C)C)n2)cc1. The Labute approximate surface area is 402 Å². The molecule has 68 heavy (non-hydrogen) atoms. The maximum absolute atomic E-state index is 14.0. The number of nitrogens with zero attached hydrogens (tertiary/aromatic N) is 7. The van der Waals surface area contributed by atoms with Crippen LogP contribution in [0.1, 0.15) is 99.4 Å². The van der Waals surface area contributed by atoms with E-state index >= 15 is 0 Å². The zero-order chi connectivity index (χ0) is 49.9. The Morgan fingerprint density at radius 3 is 0.971 bits per heavy atom. The topological polar surface area (TPSA) is 171 Å². The number of hydrogen-bond acceptors (Lipinski definition) is 12. The first-order valence-electron chi connectivity index (χ1n) is 22.3. The summed E-state index contributed by atoms with van der Waals surface area (Å²) in [5.41, 5.74) is 4.65. The Kier molecular flexibility index (Phi) is 18.4. The molecule has 6 rings (SSSR count). The average molecular weight is 974 g/mol. The van der Waals surface area contributed by atoms with Crippen LogP contribution in [-0.4, -0.2) is 97.5 Å². The summed E-state index contributed by atoms with van der Waals surface area (Å²) < 4.78 is 82.5. The van der Waals surface area contributed by atoms with E-state index in [4.69, 9.17) is 18.9 Å². The Balaban J connectivity index is 0.000000255. The number of hydrogen-bond donors (Lipinski definition) is 1. The third-order valence-corrected chi connectivity index (χ3v) is 14.7. The van der Waals surface area contributed by atoms with Gasteiger partial charge in [-0.1, -0.05) is 48.5 Å². The van der Waals surface area contributed by atoms with E-state index in [0.717, 1.165) is 39.4 Å². The Bertz CT molecular complexity index is 2610. The lowest BCUT2D eigenvalue weighted by Gasteiger charge is -2.22. The molecule has 0 saturated carbocycles. The maximum Gasteiger partial charge on any atom is 0.263 e. The van der Waals surface area contributed by atoms with Crippen molar-refractivity contribution in [3.05, 3.63) is 143 Å². The first kappa shape index (κ1) is 53.2. The van der Waals surface area contributed by atoms with E-state index in [1.54, 1.807) is 75.1 Å². The number of aliphatic hydroxyl groups excluding tert-OH is 1. The van der Waals surface area contributed by atoms with Crippen LogP contribution in [0.25, 0.3) is 0 Å². The molecule has 2 heterocycles. The molecule has 2 unspecified atom stereocenters. The van der Waals surface area contributed by atoms with E-state index in [1.807, 2.05) is 126 Å². The largest absolute Gasteiger partial charge is 0.497 e. The van der Waals surface area contributed by atoms with Gasteiger partial charge in [0, 0.05) is 56.4 Å². The van der Waals surface area contributed by atoms with E-state index in [0.29, 0.717) is 17.2 Å². The molecule has 0 radical (unpaired) electrons. The van der Waals surface area contributed by atoms with Gasteiger partial charge in [-0.25, -0.2) is 16.8 Å². The molecule has 4 aromatic carbocycles. The van der Waals surface area contributed by atoms with Crippen molar-refractivity contribution in [3.63, 3.8) is 0 Å². The molecule has 0 aliphatic heterocycles. The lowest BCUT2D eigenvalue weighted by Crippen LogP contribution is -2.30. The lowest BCUT2D eigenvalue weighted by molar-refractivity contribution is 0.184. The third-order valence-electron chi connectivity index (χ3n) is 11.4. The summed E-state index contributed by atoms with van der Waals surface area (Å²) in [5.74, 6) is 2.83. The molecule has 16 nitrogen and oxygen atoms in total. The van der Waals surface area contributed by atoms with Crippen molar-refractivity contribution in [1.82, 2.24) is 33.1 Å². The minimum absolute atomic E-state index is 0.00507. The average Bonchev–Trinajstić information content (AvgIpc) is 4.00. The number of ether oxygens (including phenoxy) is 4. The van der Waals surface area contributed by atoms with E-state index in [9.17, 15) is 21.9 Å². The Morgan fingerprint density at radius 1 is 0.485 bits per heavy atom. The van der Waals surface area contributed by atoms with Crippen LogP contribution >= 0.6 is 0 Å². The summed E-state index contributed by atoms with van der Waals surface area (Å²) in [7, 11) is 2.44. The molecular weight excluding hydrogens is 907 g/mol. The van der Waals surface area contributed by atoms with Gasteiger partial charge < -0.3 is 29.0 Å². The highest BCUT2D eigenvalue weighted by molar-refractivity contribution is 7.89. The molecule has 2 atom stereocenters. The second-order valence-corrected chi connectivity index (χ2v) is 20.9. The number of rotatable bonds is 21. The fourth-order valence-electron chi connectivity index (χ4n) is 7.19. The van der Waals surface area contributed by atoms with Crippen LogP contribution in [0.5, 0.6) is 23.0 Å². The first-order valence-corrected chi connectivity index (χ1v) is 25.2. The van der Waals surface area contributed by atoms with Crippen molar-refractivity contribution >= 4 is 20.0 Å². The molecule has 0 bridgehead atoms. The number of methoxy groups -OCH3 is 4. The predicted molar refractivity (Wildman–Crippen MR) is 263 cm³/mol. The minimum atomic E-state index is -3.97. The molecule has 0 fully saturated rings. The van der Waals surface area contributed by atoms with Gasteiger partial charge >= 0.3 is 0 Å². The molecule has 2 aromatic heterocycles. The first-order chi connectivity index (χ1) is 32.2. The van der Waals surface area contributed by atoms with Crippen LogP contribution < -0.4 is 18.9 Å². The highest BCUT2D eigenvalue weighted by Crippen LogP contribution is 2.30. The molecule has 6 aromatic rings. The highest BCUT2D eigenvalue weighted by Gasteiger charge is 2.32. The normalized spacial score (nSPS) is 12.9. The van der Waals surface area contributed by atoms with Gasteiger partial charge in [0.2, 0.25) is 0 Å². The summed E-state index contributed by atoms with van der Waals surface area (Å²) in [6, 6.07) is 32.5. The molecular formula is C50H67N7O9S2. The molecule has 0 saturated heterocycles. The summed E-state index contributed by atoms with van der Waals surface area (Å²) in [6.45, 7) is 12.1. The second-order valence-electron chi connectivity index (χ2n) is 17.1. The highest BCUT2D eigenvalue weighted by atomic mass is 32.2. The standard InChI is InChI=1S/C26H36N4O4S.C24H31N3O5S/c1-19(2)30-25(20(3)28(4)5)16-26(27-30)35(31,32)29(17-21-8-12-23(33-6)13-9-21)18-22-10-14-24(34-7)15-11-22;1-17(2)27-23(18(3)28)14-24(25-27)33(29,30)26(15-19-6-10-21(31-4)11-7-19)16-20-8-12-22(32-5)13-9-20/h8-16,19-20H,17-18H2,1-7H3;6-14,17-18,28H,15-16H2,1-5H3. The molecule has 1 N–H and O–H groups in total. The zero-order valence-corrected chi connectivity index (χ0v) is 42.8. The molecule has 0 aliphatic carbocycles. The lowest BCUT2D eigenvalue weighted by atomic mass is 10.2. The molecule has 0 amide bonds. The van der Waals surface area contributed by atoms with Crippen LogP contribution in [-0.2, 0) is 46.2 Å². The van der Waals surface area contributed by atoms with Crippen LogP contribution in [0.2, 0.25) is 0 Å². The van der Waals surface area contributed by atoms with Crippen molar-refractivity contribution in [1.29, 1.82) is 0 Å². The monoisotopic (exact) mass is 973 g/mol. The molecule has 0 aliphatic rings. The van der Waals surface area contributed by atoms with E-state index in [2.05, 4.69) is 10.2 Å². The van der Waals surface area contributed by atoms with Gasteiger partial charge in [-0.2, -0.15) is 18.8 Å². The van der Waals surface area contributed by atoms with Crippen LogP contribution in [0.15, 0.2) is 119 Å². The fourth-order valence-corrected chi connectivity index (χ4v) is 9.92. The molecule has 368 valence electrons. The van der Waals surface area contributed by atoms with Crippen molar-refractivity contribution < 1.29 is 40.9 Å². The predicted octanol–water partition coefficient (Wildman–Crippen LogP) is 8.42. The van der Waals surface area contributed by atoms with Crippen LogP contribution in [0.3, 0.4) is 0 Å². The quantitative estimate of drug-likeness (QED) is 0.0732. The Hall–Kier alpha value is -5.76. The third kappa shape index (κ3) is 13.3. The van der Waals surface area contributed by atoms with Gasteiger partial charge in [-0.15, -0.1) is 0 Å². The van der Waals surface area contributed by atoms with Gasteiger partial charge in [0.25, 0.3) is 20.0 Å². The van der Waals surface area contributed by atoms with Crippen molar-refractivity contribution in [2.45, 2.75) is 102 Å². The van der Waals surface area contributed by atoms with E-state index < -0.39 is 26.2 Å². The number of aromatic nitrogens is 4. The summed E-state index contributed by atoms with van der Waals surface area (Å²) >= 11 is 0. The van der Waals surface area contributed by atoms with Gasteiger partial charge in [-0.3, -0.25) is 9.36 Å². The fraction of sp³-hybridized carbons (Fsp3) is 0.400. The second kappa shape index (κ2) is 23.5. The number of sulfonamides is 2. The van der Waals surface area contributed by atoms with E-state index in [-0.39, 0.29) is 54.4 Å². The van der Waals surface area contributed by atoms with Crippen LogP contribution in [0, 0.1) is 0 Å². The van der Waals surface area contributed by atoms with Gasteiger partial charge in [0.1, 0.15) is 23.0 Å². The van der Waals surface area contributed by atoms with Gasteiger partial charge in [0.05, 0.1) is 45.9 Å². The van der Waals surface area contributed by atoms with Gasteiger partial charge in [-0.05, 0) is 126 Å². The van der Waals surface area contributed by atoms with Crippen molar-refractivity contribution in [2.24, 2.45) is 0 Å². The number of benzene rings is 4. The maximum atomic E-state index is 14.0. The molecule has 0 spiro atoms. The van der Waals surface area contributed by atoms with E-state index in [1.165, 1.54) is 14.7 Å². The smallest absolute Gasteiger partial charge is 0.263 e.